The first-order chi connectivity index (χ1) is 6.52. The van der Waals surface area contributed by atoms with Crippen molar-refractivity contribution in [1.29, 1.82) is 0 Å². The third-order valence-electron chi connectivity index (χ3n) is 2.35. The van der Waals surface area contributed by atoms with E-state index in [1.807, 2.05) is 6.07 Å². The van der Waals surface area contributed by atoms with E-state index in [-0.39, 0.29) is 11.9 Å². The van der Waals surface area contributed by atoms with Crippen LogP contribution in [0.4, 0.5) is 4.39 Å². The zero-order valence-corrected chi connectivity index (χ0v) is 9.05. The van der Waals surface area contributed by atoms with Crippen LogP contribution in [0.25, 0.3) is 0 Å². The third kappa shape index (κ3) is 2.55. The molecule has 0 amide bonds. The van der Waals surface area contributed by atoms with Crippen LogP contribution >= 0.6 is 0 Å². The molecule has 0 fully saturated rings. The molecule has 0 spiro atoms. The molecule has 0 aliphatic heterocycles. The molecular weight excluding hydrogens is 177 g/mol. The molecule has 0 radical (unpaired) electrons. The Kier molecular flexibility index (Phi) is 3.64. The van der Waals surface area contributed by atoms with Crippen molar-refractivity contribution in [2.75, 3.05) is 0 Å². The maximum atomic E-state index is 13.6. The monoisotopic (exact) mass is 195 g/mol. The van der Waals surface area contributed by atoms with Gasteiger partial charge in [0.2, 0.25) is 0 Å². The lowest BCUT2D eigenvalue weighted by molar-refractivity contribution is 0.487. The maximum absolute atomic E-state index is 13.6. The Balaban J connectivity index is 2.89. The highest BCUT2D eigenvalue weighted by Gasteiger charge is 2.13. The number of rotatable bonds is 3. The fraction of sp³-hybridized carbons (Fsp3) is 0.500. The fourth-order valence-corrected chi connectivity index (χ4v) is 1.59. The molecule has 1 unspecified atom stereocenters. The standard InChI is InChI=1S/C12H18FN/c1-8(2)7-11(14)10-6-4-5-9(3)12(10)13/h4-6,8,11H,7,14H2,1-3H3. The summed E-state index contributed by atoms with van der Waals surface area (Å²) < 4.78 is 13.6. The molecule has 0 aliphatic rings. The van der Waals surface area contributed by atoms with Crippen molar-refractivity contribution >= 4 is 0 Å². The number of aryl methyl sites for hydroxylation is 1. The van der Waals surface area contributed by atoms with E-state index in [9.17, 15) is 4.39 Å². The minimum atomic E-state index is -0.185. The first-order valence-corrected chi connectivity index (χ1v) is 5.03. The Morgan fingerprint density at radius 2 is 2.00 bits per heavy atom. The molecule has 1 aromatic carbocycles. The average molecular weight is 195 g/mol. The van der Waals surface area contributed by atoms with Crippen LogP contribution in [0.15, 0.2) is 18.2 Å². The van der Waals surface area contributed by atoms with Crippen molar-refractivity contribution in [3.63, 3.8) is 0 Å². The summed E-state index contributed by atoms with van der Waals surface area (Å²) in [5, 5.41) is 0. The Morgan fingerprint density at radius 1 is 1.36 bits per heavy atom. The highest BCUT2D eigenvalue weighted by atomic mass is 19.1. The summed E-state index contributed by atoms with van der Waals surface area (Å²) in [4.78, 5) is 0. The van der Waals surface area contributed by atoms with Crippen molar-refractivity contribution in [1.82, 2.24) is 0 Å². The van der Waals surface area contributed by atoms with Gasteiger partial charge in [-0.2, -0.15) is 0 Å². The maximum Gasteiger partial charge on any atom is 0.130 e. The molecule has 1 rings (SSSR count). The molecule has 14 heavy (non-hydrogen) atoms. The van der Waals surface area contributed by atoms with Gasteiger partial charge in [0.25, 0.3) is 0 Å². The normalized spacial score (nSPS) is 13.3. The summed E-state index contributed by atoms with van der Waals surface area (Å²) in [5.74, 6) is 0.338. The predicted molar refractivity (Wildman–Crippen MR) is 57.5 cm³/mol. The van der Waals surface area contributed by atoms with Gasteiger partial charge in [-0.15, -0.1) is 0 Å². The molecule has 0 bridgehead atoms. The van der Waals surface area contributed by atoms with E-state index in [2.05, 4.69) is 13.8 Å². The summed E-state index contributed by atoms with van der Waals surface area (Å²) in [6, 6.07) is 5.21. The van der Waals surface area contributed by atoms with Gasteiger partial charge in [0, 0.05) is 11.6 Å². The fourth-order valence-electron chi connectivity index (χ4n) is 1.59. The van der Waals surface area contributed by atoms with Gasteiger partial charge in [-0.25, -0.2) is 4.39 Å². The summed E-state index contributed by atoms with van der Waals surface area (Å²) >= 11 is 0. The molecule has 0 aliphatic carbocycles. The molecule has 0 aromatic heterocycles. The number of hydrogen-bond donors (Lipinski definition) is 1. The van der Waals surface area contributed by atoms with Gasteiger partial charge in [0.05, 0.1) is 0 Å². The number of hydrogen-bond acceptors (Lipinski definition) is 1. The van der Waals surface area contributed by atoms with Gasteiger partial charge < -0.3 is 5.73 Å². The summed E-state index contributed by atoms with van der Waals surface area (Å²) in [6.45, 7) is 5.95. The van der Waals surface area contributed by atoms with E-state index >= 15 is 0 Å². The second kappa shape index (κ2) is 4.56. The number of halogens is 1. The zero-order chi connectivity index (χ0) is 10.7. The van der Waals surface area contributed by atoms with Crippen molar-refractivity contribution in [3.05, 3.63) is 35.1 Å². The van der Waals surface area contributed by atoms with Crippen molar-refractivity contribution in [2.24, 2.45) is 11.7 Å². The van der Waals surface area contributed by atoms with Crippen molar-refractivity contribution < 1.29 is 4.39 Å². The van der Waals surface area contributed by atoms with Crippen LogP contribution in [0.5, 0.6) is 0 Å². The van der Waals surface area contributed by atoms with E-state index in [1.54, 1.807) is 19.1 Å². The van der Waals surface area contributed by atoms with Crippen LogP contribution in [0.2, 0.25) is 0 Å². The third-order valence-corrected chi connectivity index (χ3v) is 2.35. The van der Waals surface area contributed by atoms with Gasteiger partial charge >= 0.3 is 0 Å². The quantitative estimate of drug-likeness (QED) is 0.787. The van der Waals surface area contributed by atoms with Gasteiger partial charge in [-0.1, -0.05) is 32.0 Å². The molecule has 78 valence electrons. The molecule has 0 heterocycles. The first-order valence-electron chi connectivity index (χ1n) is 5.03. The number of nitrogens with two attached hydrogens (primary N) is 1. The SMILES string of the molecule is Cc1cccc(C(N)CC(C)C)c1F. The molecular formula is C12H18FN. The zero-order valence-electron chi connectivity index (χ0n) is 9.05. The largest absolute Gasteiger partial charge is 0.324 e. The summed E-state index contributed by atoms with van der Waals surface area (Å²) in [7, 11) is 0. The Hall–Kier alpha value is -0.890. The lowest BCUT2D eigenvalue weighted by Crippen LogP contribution is -2.14. The van der Waals surface area contributed by atoms with E-state index in [4.69, 9.17) is 5.73 Å². The number of benzene rings is 1. The topological polar surface area (TPSA) is 26.0 Å². The Labute approximate surface area is 85.1 Å². The molecule has 1 aromatic rings. The van der Waals surface area contributed by atoms with E-state index in [1.165, 1.54) is 0 Å². The first kappa shape index (κ1) is 11.2. The van der Waals surface area contributed by atoms with Crippen molar-refractivity contribution in [2.45, 2.75) is 33.2 Å². The smallest absolute Gasteiger partial charge is 0.130 e. The average Bonchev–Trinajstić information content (AvgIpc) is 2.08. The Morgan fingerprint density at radius 3 is 2.57 bits per heavy atom. The van der Waals surface area contributed by atoms with Gasteiger partial charge in [-0.05, 0) is 24.8 Å². The molecule has 0 saturated carbocycles. The summed E-state index contributed by atoms with van der Waals surface area (Å²) in [5.41, 5.74) is 7.23. The Bertz CT molecular complexity index is 307. The van der Waals surface area contributed by atoms with E-state index < -0.39 is 0 Å². The van der Waals surface area contributed by atoms with Crippen molar-refractivity contribution in [3.8, 4) is 0 Å². The highest BCUT2D eigenvalue weighted by Crippen LogP contribution is 2.22. The van der Waals surface area contributed by atoms with Crippen LogP contribution in [0, 0.1) is 18.7 Å². The van der Waals surface area contributed by atoms with E-state index in [0.717, 1.165) is 6.42 Å². The molecule has 1 atom stereocenters. The predicted octanol–water partition coefficient (Wildman–Crippen LogP) is 3.18. The van der Waals surface area contributed by atoms with Gasteiger partial charge in [-0.3, -0.25) is 0 Å². The van der Waals surface area contributed by atoms with Gasteiger partial charge in [0.15, 0.2) is 0 Å². The van der Waals surface area contributed by atoms with E-state index in [0.29, 0.717) is 17.0 Å². The van der Waals surface area contributed by atoms with Crippen LogP contribution < -0.4 is 5.73 Å². The minimum absolute atomic E-state index is 0.152. The highest BCUT2D eigenvalue weighted by molar-refractivity contribution is 5.27. The second-order valence-corrected chi connectivity index (χ2v) is 4.21. The lowest BCUT2D eigenvalue weighted by Gasteiger charge is -2.15. The van der Waals surface area contributed by atoms with Crippen LogP contribution in [0.3, 0.4) is 0 Å². The molecule has 2 N–H and O–H groups in total. The summed E-state index contributed by atoms with van der Waals surface area (Å²) in [6.07, 6.45) is 0.820. The minimum Gasteiger partial charge on any atom is -0.324 e. The van der Waals surface area contributed by atoms with Crippen LogP contribution in [0.1, 0.15) is 37.4 Å². The second-order valence-electron chi connectivity index (χ2n) is 4.21. The van der Waals surface area contributed by atoms with Crippen LogP contribution in [-0.4, -0.2) is 0 Å². The van der Waals surface area contributed by atoms with Gasteiger partial charge in [0.1, 0.15) is 5.82 Å². The lowest BCUT2D eigenvalue weighted by atomic mass is 9.96. The molecule has 0 saturated heterocycles. The van der Waals surface area contributed by atoms with Crippen LogP contribution in [-0.2, 0) is 0 Å². The molecule has 2 heteroatoms. The molecule has 1 nitrogen and oxygen atoms in total.